The fourth-order valence-electron chi connectivity index (χ4n) is 6.66. The molecule has 0 unspecified atom stereocenters. The van der Waals surface area contributed by atoms with Gasteiger partial charge in [-0.25, -0.2) is 24.1 Å². The summed E-state index contributed by atoms with van der Waals surface area (Å²) in [5, 5.41) is 19.7. The number of nitrogens with one attached hydrogen (secondary N) is 1. The minimum absolute atomic E-state index is 0.0477. The molecule has 274 valence electrons. The number of aryl methyl sites for hydroxylation is 2. The van der Waals surface area contributed by atoms with E-state index in [0.717, 1.165) is 63.1 Å². The number of urea groups is 1. The summed E-state index contributed by atoms with van der Waals surface area (Å²) in [7, 11) is 0. The lowest BCUT2D eigenvalue weighted by atomic mass is 9.97. The van der Waals surface area contributed by atoms with Gasteiger partial charge in [-0.3, -0.25) is 10.2 Å². The highest BCUT2D eigenvalue weighted by molar-refractivity contribution is 7.22. The monoisotopic (exact) mass is 759 g/mol. The number of ether oxygens (including phenoxy) is 1. The Morgan fingerprint density at radius 1 is 1.04 bits per heavy atom. The zero-order valence-corrected chi connectivity index (χ0v) is 31.8. The Labute approximate surface area is 319 Å². The number of benzene rings is 3. The van der Waals surface area contributed by atoms with Crippen LogP contribution in [0, 0.1) is 5.41 Å². The Morgan fingerprint density at radius 2 is 1.87 bits per heavy atom. The van der Waals surface area contributed by atoms with Gasteiger partial charge in [-0.1, -0.05) is 56.4 Å². The number of para-hydroxylation sites is 1. The fourth-order valence-corrected chi connectivity index (χ4v) is 8.61. The number of hydrogen-bond donors (Lipinski definition) is 2. The van der Waals surface area contributed by atoms with Gasteiger partial charge in [0.2, 0.25) is 0 Å². The summed E-state index contributed by atoms with van der Waals surface area (Å²) in [6.07, 6.45) is 8.54. The zero-order chi connectivity index (χ0) is 37.4. The van der Waals surface area contributed by atoms with Crippen LogP contribution >= 0.6 is 22.7 Å². The van der Waals surface area contributed by atoms with E-state index in [1.54, 1.807) is 4.90 Å². The molecule has 4 aromatic heterocycles. The molecule has 54 heavy (non-hydrogen) atoms. The molecule has 8 rings (SSSR count). The lowest BCUT2D eigenvalue weighted by Crippen LogP contribution is -2.40. The van der Waals surface area contributed by atoms with Crippen LogP contribution in [0.25, 0.3) is 37.5 Å². The second-order valence-corrected chi connectivity index (χ2v) is 16.6. The van der Waals surface area contributed by atoms with Crippen molar-refractivity contribution in [1.82, 2.24) is 24.7 Å². The third kappa shape index (κ3) is 7.52. The van der Waals surface area contributed by atoms with Crippen LogP contribution in [0.15, 0.2) is 85.5 Å². The van der Waals surface area contributed by atoms with Crippen LogP contribution in [0.2, 0.25) is 0 Å². The van der Waals surface area contributed by atoms with E-state index in [1.807, 2.05) is 83.9 Å². The first-order valence-corrected chi connectivity index (χ1v) is 19.5. The first kappa shape index (κ1) is 35.3. The number of fused-ring (bicyclic) bond motifs is 3. The standard InChI is InChI=1S/C40H38N8O4S2/c1-40(2,3)23-46-22-27-21-42-48(35(27)41-24-46)28-14-16-29(17-15-28)52-19-7-11-33-34(37(49)50)44-36(53-33)26-13-12-25-8-6-18-47(31(25)20-26)39(51)45-38-43-30-9-4-5-10-32(30)54-38/h4-5,9-10,12-17,20-22,24H,6-8,11,18-19,23H2,1-3H3,(H-,43,45,49,50,51)/p+1. The van der Waals surface area contributed by atoms with Crippen LogP contribution in [0.1, 0.15) is 54.5 Å². The summed E-state index contributed by atoms with van der Waals surface area (Å²) in [6.45, 7) is 8.42. The van der Waals surface area contributed by atoms with Gasteiger partial charge in [0.15, 0.2) is 10.8 Å². The molecule has 5 heterocycles. The molecule has 1 aliphatic rings. The number of rotatable bonds is 10. The molecular weight excluding hydrogens is 721 g/mol. The van der Waals surface area contributed by atoms with Crippen LogP contribution in [0.5, 0.6) is 5.75 Å². The SMILES string of the molecule is CC(C)(C)C[n+]1cnc2c(cnn2-c2ccc(OCCCc3sc(-c4ccc5c(c4)N(C(=O)Nc4nc6ccccc6s4)CCC5)nc3C(=O)O)cc2)c1. The van der Waals surface area contributed by atoms with Gasteiger partial charge in [0.05, 0.1) is 35.3 Å². The van der Waals surface area contributed by atoms with Gasteiger partial charge < -0.3 is 9.84 Å². The summed E-state index contributed by atoms with van der Waals surface area (Å²) < 4.78 is 10.9. The maximum atomic E-state index is 13.5. The molecule has 0 bridgehead atoms. The number of nitrogens with zero attached hydrogens (tertiary/aromatic N) is 7. The molecule has 0 spiro atoms. The van der Waals surface area contributed by atoms with Gasteiger partial charge in [-0.05, 0) is 84.1 Å². The van der Waals surface area contributed by atoms with Crippen LogP contribution < -0.4 is 19.5 Å². The molecule has 2 amide bonds. The summed E-state index contributed by atoms with van der Waals surface area (Å²) >= 11 is 2.80. The molecule has 0 radical (unpaired) electrons. The minimum Gasteiger partial charge on any atom is -0.494 e. The molecule has 12 nitrogen and oxygen atoms in total. The Balaban J connectivity index is 0.913. The first-order chi connectivity index (χ1) is 26.1. The third-order valence-corrected chi connectivity index (χ3v) is 11.2. The van der Waals surface area contributed by atoms with Crippen molar-refractivity contribution in [3.8, 4) is 22.0 Å². The lowest BCUT2D eigenvalue weighted by molar-refractivity contribution is -0.709. The first-order valence-electron chi connectivity index (χ1n) is 17.8. The Morgan fingerprint density at radius 3 is 2.67 bits per heavy atom. The van der Waals surface area contributed by atoms with Gasteiger partial charge >= 0.3 is 12.0 Å². The average molecular weight is 760 g/mol. The van der Waals surface area contributed by atoms with Crippen molar-refractivity contribution in [2.24, 2.45) is 5.41 Å². The number of hydrogen-bond acceptors (Lipinski definition) is 9. The quantitative estimate of drug-likeness (QED) is 0.105. The van der Waals surface area contributed by atoms with E-state index in [0.29, 0.717) is 46.8 Å². The lowest BCUT2D eigenvalue weighted by Gasteiger charge is -2.29. The Kier molecular flexibility index (Phi) is 9.54. The molecule has 1 aliphatic heterocycles. The van der Waals surface area contributed by atoms with Crippen LogP contribution in [-0.4, -0.2) is 55.0 Å². The van der Waals surface area contributed by atoms with Crippen LogP contribution in [0.3, 0.4) is 0 Å². The number of carbonyl (C=O) groups is 2. The number of aromatic carboxylic acids is 1. The van der Waals surface area contributed by atoms with E-state index in [1.165, 1.54) is 22.7 Å². The number of carboxylic acid groups (broad SMARTS) is 1. The highest BCUT2D eigenvalue weighted by Crippen LogP contribution is 2.36. The molecule has 14 heteroatoms. The molecule has 0 saturated carbocycles. The van der Waals surface area contributed by atoms with Crippen molar-refractivity contribution in [1.29, 1.82) is 0 Å². The highest BCUT2D eigenvalue weighted by Gasteiger charge is 2.26. The number of anilines is 2. The van der Waals surface area contributed by atoms with Gasteiger partial charge in [0, 0.05) is 22.7 Å². The largest absolute Gasteiger partial charge is 0.494 e. The number of carboxylic acids is 1. The van der Waals surface area contributed by atoms with Crippen molar-refractivity contribution in [3.63, 3.8) is 0 Å². The van der Waals surface area contributed by atoms with Crippen LogP contribution in [0.4, 0.5) is 15.6 Å². The Bertz CT molecular complexity index is 2470. The van der Waals surface area contributed by atoms with Crippen molar-refractivity contribution >= 4 is 66.7 Å². The van der Waals surface area contributed by atoms with Crippen molar-refractivity contribution < 1.29 is 24.0 Å². The maximum absolute atomic E-state index is 13.5. The summed E-state index contributed by atoms with van der Waals surface area (Å²) in [4.78, 5) is 41.9. The maximum Gasteiger partial charge on any atom is 0.355 e. The molecule has 2 N–H and O–H groups in total. The molecule has 0 saturated heterocycles. The van der Waals surface area contributed by atoms with Gasteiger partial charge in [0.1, 0.15) is 22.3 Å². The predicted octanol–water partition coefficient (Wildman–Crippen LogP) is 8.18. The summed E-state index contributed by atoms with van der Waals surface area (Å²) in [5.41, 5.74) is 5.32. The van der Waals surface area contributed by atoms with Crippen LogP contribution in [-0.2, 0) is 19.4 Å². The van der Waals surface area contributed by atoms with Gasteiger partial charge in [-0.15, -0.1) is 11.3 Å². The predicted molar refractivity (Wildman–Crippen MR) is 211 cm³/mol. The van der Waals surface area contributed by atoms with Crippen molar-refractivity contribution in [3.05, 3.63) is 102 Å². The molecule has 0 aliphatic carbocycles. The normalized spacial score (nSPS) is 13.0. The molecule has 0 fully saturated rings. The van der Waals surface area contributed by atoms with Crippen molar-refractivity contribution in [2.75, 3.05) is 23.4 Å². The van der Waals surface area contributed by atoms with E-state index < -0.39 is 5.97 Å². The van der Waals surface area contributed by atoms with E-state index in [2.05, 4.69) is 56.9 Å². The number of aromatic nitrogens is 6. The highest BCUT2D eigenvalue weighted by atomic mass is 32.1. The Hall–Kier alpha value is -5.73. The topological polar surface area (TPSA) is 139 Å². The van der Waals surface area contributed by atoms with Gasteiger partial charge in [0.25, 0.3) is 12.0 Å². The van der Waals surface area contributed by atoms with Gasteiger partial charge in [-0.2, -0.15) is 9.78 Å². The second-order valence-electron chi connectivity index (χ2n) is 14.5. The second kappa shape index (κ2) is 14.6. The zero-order valence-electron chi connectivity index (χ0n) is 30.2. The minimum atomic E-state index is -1.07. The summed E-state index contributed by atoms with van der Waals surface area (Å²) in [5.74, 6) is -0.358. The smallest absolute Gasteiger partial charge is 0.355 e. The molecule has 7 aromatic rings. The van der Waals surface area contributed by atoms with Crippen molar-refractivity contribution in [2.45, 2.75) is 53.0 Å². The van der Waals surface area contributed by atoms with E-state index >= 15 is 0 Å². The average Bonchev–Trinajstić information content (AvgIpc) is 3.89. The number of carbonyl (C=O) groups excluding carboxylic acids is 1. The third-order valence-electron chi connectivity index (χ3n) is 9.06. The van der Waals surface area contributed by atoms with E-state index in [4.69, 9.17) is 4.74 Å². The molecule has 3 aromatic carbocycles. The molecular formula is C40H39N8O4S2+. The number of amides is 2. The number of thiazole rings is 2. The fraction of sp³-hybridized carbons (Fsp3) is 0.275. The van der Waals surface area contributed by atoms with E-state index in [-0.39, 0.29) is 17.1 Å². The molecule has 0 atom stereocenters. The van der Waals surface area contributed by atoms with E-state index in [9.17, 15) is 14.7 Å². The summed E-state index contributed by atoms with van der Waals surface area (Å²) in [6, 6.07) is 21.1.